The molecular formula is C24H26N4O4. The summed E-state index contributed by atoms with van der Waals surface area (Å²) < 4.78 is 0. The average molecular weight is 434 g/mol. The van der Waals surface area contributed by atoms with Gasteiger partial charge in [0.1, 0.15) is 6.04 Å². The van der Waals surface area contributed by atoms with Crippen LogP contribution >= 0.6 is 0 Å². The predicted octanol–water partition coefficient (Wildman–Crippen LogP) is 2.66. The van der Waals surface area contributed by atoms with Crippen molar-refractivity contribution in [2.24, 2.45) is 0 Å². The van der Waals surface area contributed by atoms with Gasteiger partial charge in [-0.25, -0.2) is 9.59 Å². The van der Waals surface area contributed by atoms with E-state index in [4.69, 9.17) is 0 Å². The van der Waals surface area contributed by atoms with E-state index in [1.807, 2.05) is 42.5 Å². The molecule has 0 aliphatic heterocycles. The van der Waals surface area contributed by atoms with E-state index in [1.54, 1.807) is 6.20 Å². The van der Waals surface area contributed by atoms with Gasteiger partial charge >= 0.3 is 12.0 Å². The Bertz CT molecular complexity index is 1140. The molecule has 4 rings (SSSR count). The molecular weight excluding hydrogens is 408 g/mol. The van der Waals surface area contributed by atoms with E-state index in [1.165, 1.54) is 5.56 Å². The van der Waals surface area contributed by atoms with Crippen molar-refractivity contribution < 1.29 is 19.5 Å². The lowest BCUT2D eigenvalue weighted by Gasteiger charge is -2.26. The molecule has 166 valence electrons. The molecule has 32 heavy (non-hydrogen) atoms. The lowest BCUT2D eigenvalue weighted by Crippen LogP contribution is -2.49. The van der Waals surface area contributed by atoms with Crippen LogP contribution in [0.1, 0.15) is 35.6 Å². The molecule has 0 saturated heterocycles. The van der Waals surface area contributed by atoms with Gasteiger partial charge in [-0.2, -0.15) is 0 Å². The first-order chi connectivity index (χ1) is 15.5. The minimum atomic E-state index is -1.14. The van der Waals surface area contributed by atoms with Crippen LogP contribution in [0.15, 0.2) is 54.7 Å². The molecule has 1 heterocycles. The molecule has 5 N–H and O–H groups in total. The van der Waals surface area contributed by atoms with Crippen molar-refractivity contribution in [2.75, 3.05) is 6.54 Å². The molecule has 2 aromatic carbocycles. The minimum absolute atomic E-state index is 0.0778. The Kier molecular flexibility index (Phi) is 6.39. The number of amides is 3. The van der Waals surface area contributed by atoms with E-state index in [9.17, 15) is 19.5 Å². The third-order valence-corrected chi connectivity index (χ3v) is 5.82. The summed E-state index contributed by atoms with van der Waals surface area (Å²) in [5.41, 5.74) is 4.04. The van der Waals surface area contributed by atoms with Crippen LogP contribution in [0.3, 0.4) is 0 Å². The number of rotatable bonds is 7. The summed E-state index contributed by atoms with van der Waals surface area (Å²) in [5.74, 6) is -1.46. The standard InChI is InChI=1S/C24H26N4O4/c29-22(27-20-11-5-7-15-6-1-2-8-17(15)20)14-26-24(32)28-21(23(30)31)12-16-13-25-19-10-4-3-9-18(16)19/h1-4,6,8-10,13,20-21,25H,5,7,11-12,14H2,(H,27,29)(H,30,31)(H2,26,28,32). The zero-order valence-corrected chi connectivity index (χ0v) is 17.6. The van der Waals surface area contributed by atoms with Crippen molar-refractivity contribution >= 4 is 28.8 Å². The fraction of sp³-hybridized carbons (Fsp3) is 0.292. The van der Waals surface area contributed by atoms with Crippen molar-refractivity contribution in [3.05, 3.63) is 71.4 Å². The highest BCUT2D eigenvalue weighted by atomic mass is 16.4. The van der Waals surface area contributed by atoms with Gasteiger partial charge in [0.05, 0.1) is 12.6 Å². The molecule has 0 saturated carbocycles. The maximum atomic E-state index is 12.4. The van der Waals surface area contributed by atoms with E-state index < -0.39 is 18.0 Å². The Labute approximate surface area is 185 Å². The van der Waals surface area contributed by atoms with Gasteiger partial charge in [-0.3, -0.25) is 4.79 Å². The first kappa shape index (κ1) is 21.4. The SMILES string of the molecule is O=C(CNC(=O)NC(Cc1c[nH]c2ccccc12)C(=O)O)NC1CCCc2ccccc21. The Morgan fingerprint density at radius 1 is 1.09 bits per heavy atom. The highest BCUT2D eigenvalue weighted by Gasteiger charge is 2.24. The summed E-state index contributed by atoms with van der Waals surface area (Å²) in [7, 11) is 0. The number of carboxylic acid groups (broad SMARTS) is 1. The molecule has 2 unspecified atom stereocenters. The predicted molar refractivity (Wildman–Crippen MR) is 120 cm³/mol. The fourth-order valence-electron chi connectivity index (χ4n) is 4.24. The zero-order chi connectivity index (χ0) is 22.5. The van der Waals surface area contributed by atoms with Crippen LogP contribution in [0.5, 0.6) is 0 Å². The fourth-order valence-corrected chi connectivity index (χ4v) is 4.24. The second-order valence-corrected chi connectivity index (χ2v) is 7.99. The van der Waals surface area contributed by atoms with Gasteiger partial charge < -0.3 is 26.0 Å². The van der Waals surface area contributed by atoms with Gasteiger partial charge in [-0.05, 0) is 42.0 Å². The van der Waals surface area contributed by atoms with E-state index >= 15 is 0 Å². The number of benzene rings is 2. The summed E-state index contributed by atoms with van der Waals surface area (Å²) in [4.78, 5) is 39.4. The van der Waals surface area contributed by atoms with Crippen molar-refractivity contribution in [1.82, 2.24) is 20.9 Å². The van der Waals surface area contributed by atoms with Crippen LogP contribution in [0.25, 0.3) is 10.9 Å². The third-order valence-electron chi connectivity index (χ3n) is 5.82. The number of hydrogen-bond acceptors (Lipinski definition) is 3. The second kappa shape index (κ2) is 9.55. The molecule has 0 fully saturated rings. The first-order valence-corrected chi connectivity index (χ1v) is 10.7. The molecule has 2 atom stereocenters. The van der Waals surface area contributed by atoms with Gasteiger partial charge in [0.2, 0.25) is 5.91 Å². The number of urea groups is 1. The molecule has 3 amide bonds. The molecule has 8 nitrogen and oxygen atoms in total. The third kappa shape index (κ3) is 4.91. The quantitative estimate of drug-likeness (QED) is 0.392. The average Bonchev–Trinajstić information content (AvgIpc) is 3.20. The number of carbonyl (C=O) groups excluding carboxylic acids is 2. The molecule has 1 aliphatic carbocycles. The molecule has 0 radical (unpaired) electrons. The van der Waals surface area contributed by atoms with E-state index in [0.29, 0.717) is 0 Å². The number of aromatic amines is 1. The number of para-hydroxylation sites is 1. The second-order valence-electron chi connectivity index (χ2n) is 7.99. The number of aromatic nitrogens is 1. The van der Waals surface area contributed by atoms with E-state index in [0.717, 1.165) is 41.3 Å². The van der Waals surface area contributed by atoms with Crippen LogP contribution in [0.4, 0.5) is 4.79 Å². The van der Waals surface area contributed by atoms with Crippen molar-refractivity contribution in [3.63, 3.8) is 0 Å². The summed E-state index contributed by atoms with van der Waals surface area (Å²) in [6.07, 6.45) is 4.70. The number of aliphatic carboxylic acids is 1. The Hall–Kier alpha value is -3.81. The summed E-state index contributed by atoms with van der Waals surface area (Å²) in [6.45, 7) is -0.232. The smallest absolute Gasteiger partial charge is 0.326 e. The molecule has 1 aliphatic rings. The van der Waals surface area contributed by atoms with Gasteiger partial charge in [-0.15, -0.1) is 0 Å². The summed E-state index contributed by atoms with van der Waals surface area (Å²) in [5, 5.41) is 18.3. The molecule has 0 bridgehead atoms. The van der Waals surface area contributed by atoms with Crippen molar-refractivity contribution in [2.45, 2.75) is 37.8 Å². The molecule has 1 aromatic heterocycles. The number of carboxylic acids is 1. The van der Waals surface area contributed by atoms with Crippen LogP contribution in [0, 0.1) is 0 Å². The number of H-pyrrole nitrogens is 1. The number of fused-ring (bicyclic) bond motifs is 2. The Morgan fingerprint density at radius 3 is 2.72 bits per heavy atom. The summed E-state index contributed by atoms with van der Waals surface area (Å²) in [6, 6.07) is 13.7. The highest BCUT2D eigenvalue weighted by Crippen LogP contribution is 2.29. The van der Waals surface area contributed by atoms with Crippen LogP contribution < -0.4 is 16.0 Å². The summed E-state index contributed by atoms with van der Waals surface area (Å²) >= 11 is 0. The van der Waals surface area contributed by atoms with Gasteiger partial charge in [0, 0.05) is 23.5 Å². The maximum absolute atomic E-state index is 12.4. The highest BCUT2D eigenvalue weighted by molar-refractivity contribution is 5.88. The van der Waals surface area contributed by atoms with Crippen LogP contribution in [-0.4, -0.2) is 40.6 Å². The van der Waals surface area contributed by atoms with Gasteiger partial charge in [0.25, 0.3) is 0 Å². The van der Waals surface area contributed by atoms with Crippen LogP contribution in [0.2, 0.25) is 0 Å². The van der Waals surface area contributed by atoms with Crippen molar-refractivity contribution in [3.8, 4) is 0 Å². The number of nitrogens with one attached hydrogen (secondary N) is 4. The van der Waals surface area contributed by atoms with Gasteiger partial charge in [0.15, 0.2) is 0 Å². The minimum Gasteiger partial charge on any atom is -0.480 e. The van der Waals surface area contributed by atoms with Gasteiger partial charge in [-0.1, -0.05) is 42.5 Å². The van der Waals surface area contributed by atoms with Crippen molar-refractivity contribution in [1.29, 1.82) is 0 Å². The lowest BCUT2D eigenvalue weighted by atomic mass is 9.88. The Morgan fingerprint density at radius 2 is 1.88 bits per heavy atom. The molecule has 0 spiro atoms. The van der Waals surface area contributed by atoms with E-state index in [2.05, 4.69) is 27.0 Å². The molecule has 3 aromatic rings. The zero-order valence-electron chi connectivity index (χ0n) is 17.6. The normalized spacial score (nSPS) is 16.1. The maximum Gasteiger partial charge on any atom is 0.326 e. The lowest BCUT2D eigenvalue weighted by molar-refractivity contribution is -0.139. The monoisotopic (exact) mass is 434 g/mol. The first-order valence-electron chi connectivity index (χ1n) is 10.7. The largest absolute Gasteiger partial charge is 0.480 e. The number of hydrogen-bond donors (Lipinski definition) is 5. The number of aryl methyl sites for hydroxylation is 1. The Balaban J connectivity index is 1.30. The molecule has 8 heteroatoms. The van der Waals surface area contributed by atoms with E-state index in [-0.39, 0.29) is 24.9 Å². The van der Waals surface area contributed by atoms with Crippen LogP contribution in [-0.2, 0) is 22.4 Å². The topological polar surface area (TPSA) is 123 Å². The number of carbonyl (C=O) groups is 3.